The number of hydrogen-bond donors (Lipinski definition) is 0. The summed E-state index contributed by atoms with van der Waals surface area (Å²) < 4.78 is 26.8. The number of carbonyl (C=O) groups excluding carboxylic acids is 1. The first-order valence-corrected chi connectivity index (χ1v) is 7.83. The standard InChI is InChI=1S/C14H19NO3S/c1-11(16)12-6-4-7-13(10-12)19(17,18)15-9-5-8-14(15,2)3/h4,6-7,10H,5,8-9H2,1-3H3. The zero-order valence-corrected chi connectivity index (χ0v) is 12.3. The maximum atomic E-state index is 12.6. The Morgan fingerprint density at radius 2 is 2.00 bits per heavy atom. The SMILES string of the molecule is CC(=O)c1cccc(S(=O)(=O)N2CCCC2(C)C)c1. The molecule has 0 bridgehead atoms. The molecule has 1 aromatic rings. The summed E-state index contributed by atoms with van der Waals surface area (Å²) in [5, 5.41) is 0. The smallest absolute Gasteiger partial charge is 0.243 e. The average Bonchev–Trinajstić information content (AvgIpc) is 2.69. The lowest BCUT2D eigenvalue weighted by Gasteiger charge is -2.30. The van der Waals surface area contributed by atoms with Crippen LogP contribution in [0.4, 0.5) is 0 Å². The van der Waals surface area contributed by atoms with E-state index in [1.807, 2.05) is 13.8 Å². The predicted molar refractivity (Wildman–Crippen MR) is 73.7 cm³/mol. The molecule has 1 saturated heterocycles. The third kappa shape index (κ3) is 2.58. The van der Waals surface area contributed by atoms with Gasteiger partial charge >= 0.3 is 0 Å². The van der Waals surface area contributed by atoms with Gasteiger partial charge in [0.05, 0.1) is 4.90 Å². The van der Waals surface area contributed by atoms with Gasteiger partial charge in [0.15, 0.2) is 5.78 Å². The maximum absolute atomic E-state index is 12.6. The number of Topliss-reactive ketones (excluding diaryl/α,β-unsaturated/α-hetero) is 1. The van der Waals surface area contributed by atoms with Crippen LogP contribution in [0.2, 0.25) is 0 Å². The van der Waals surface area contributed by atoms with Crippen molar-refractivity contribution in [2.24, 2.45) is 0 Å². The zero-order chi connectivity index (χ0) is 14.3. The van der Waals surface area contributed by atoms with Crippen molar-refractivity contribution >= 4 is 15.8 Å². The third-order valence-corrected chi connectivity index (χ3v) is 5.76. The molecule has 4 nitrogen and oxygen atoms in total. The van der Waals surface area contributed by atoms with Gasteiger partial charge in [-0.15, -0.1) is 0 Å². The molecular weight excluding hydrogens is 262 g/mol. The third-order valence-electron chi connectivity index (χ3n) is 3.65. The normalized spacial score (nSPS) is 19.5. The van der Waals surface area contributed by atoms with Crippen molar-refractivity contribution in [2.75, 3.05) is 6.54 Å². The maximum Gasteiger partial charge on any atom is 0.243 e. The van der Waals surface area contributed by atoms with Gasteiger partial charge in [0, 0.05) is 17.6 Å². The second kappa shape index (κ2) is 4.72. The molecule has 1 aliphatic rings. The number of hydrogen-bond acceptors (Lipinski definition) is 3. The molecule has 5 heteroatoms. The molecule has 104 valence electrons. The van der Waals surface area contributed by atoms with E-state index in [0.717, 1.165) is 12.8 Å². The fourth-order valence-electron chi connectivity index (χ4n) is 2.53. The molecule has 2 rings (SSSR count). The van der Waals surface area contributed by atoms with Crippen molar-refractivity contribution in [3.8, 4) is 0 Å². The lowest BCUT2D eigenvalue weighted by Crippen LogP contribution is -2.42. The van der Waals surface area contributed by atoms with Crippen molar-refractivity contribution in [2.45, 2.75) is 44.0 Å². The number of benzene rings is 1. The van der Waals surface area contributed by atoms with Crippen molar-refractivity contribution < 1.29 is 13.2 Å². The lowest BCUT2D eigenvalue weighted by atomic mass is 10.0. The van der Waals surface area contributed by atoms with E-state index in [0.29, 0.717) is 12.1 Å². The summed E-state index contributed by atoms with van der Waals surface area (Å²) in [6.45, 7) is 5.85. The minimum Gasteiger partial charge on any atom is -0.295 e. The Kier molecular flexibility index (Phi) is 3.53. The van der Waals surface area contributed by atoms with Crippen molar-refractivity contribution in [1.29, 1.82) is 0 Å². The zero-order valence-electron chi connectivity index (χ0n) is 11.5. The van der Waals surface area contributed by atoms with Crippen LogP contribution in [0.25, 0.3) is 0 Å². The topological polar surface area (TPSA) is 54.5 Å². The van der Waals surface area contributed by atoms with Gasteiger partial charge in [-0.3, -0.25) is 4.79 Å². The Bertz CT molecular complexity index is 605. The number of nitrogens with zero attached hydrogens (tertiary/aromatic N) is 1. The van der Waals surface area contributed by atoms with Crippen LogP contribution in [0.1, 0.15) is 44.0 Å². The largest absolute Gasteiger partial charge is 0.295 e. The molecule has 0 unspecified atom stereocenters. The monoisotopic (exact) mass is 281 g/mol. The molecule has 0 saturated carbocycles. The Morgan fingerprint density at radius 1 is 1.32 bits per heavy atom. The molecular formula is C14H19NO3S. The van der Waals surface area contributed by atoms with E-state index in [9.17, 15) is 13.2 Å². The quantitative estimate of drug-likeness (QED) is 0.800. The fourth-order valence-corrected chi connectivity index (χ4v) is 4.42. The van der Waals surface area contributed by atoms with Crippen LogP contribution >= 0.6 is 0 Å². The summed E-state index contributed by atoms with van der Waals surface area (Å²) in [7, 11) is -3.52. The van der Waals surface area contributed by atoms with Crippen LogP contribution in [0.5, 0.6) is 0 Å². The molecule has 1 fully saturated rings. The number of ketones is 1. The molecule has 0 aromatic heterocycles. The van der Waals surface area contributed by atoms with Gasteiger partial charge in [-0.25, -0.2) is 8.42 Å². The summed E-state index contributed by atoms with van der Waals surface area (Å²) in [6.07, 6.45) is 1.73. The summed E-state index contributed by atoms with van der Waals surface area (Å²) in [5.41, 5.74) is 0.0727. The van der Waals surface area contributed by atoms with Crippen LogP contribution < -0.4 is 0 Å². The predicted octanol–water partition coefficient (Wildman–Crippen LogP) is 2.45. The van der Waals surface area contributed by atoms with Crippen LogP contribution in [-0.2, 0) is 10.0 Å². The first-order chi connectivity index (χ1) is 8.75. The Morgan fingerprint density at radius 3 is 2.53 bits per heavy atom. The Labute approximate surface area is 114 Å². The molecule has 1 heterocycles. The van der Waals surface area contributed by atoms with E-state index in [1.54, 1.807) is 22.5 Å². The minimum absolute atomic E-state index is 0.127. The van der Waals surface area contributed by atoms with Crippen LogP contribution in [-0.4, -0.2) is 30.6 Å². The van der Waals surface area contributed by atoms with Crippen LogP contribution in [0.3, 0.4) is 0 Å². The van der Waals surface area contributed by atoms with Gasteiger partial charge in [0.25, 0.3) is 0 Å². The number of carbonyl (C=O) groups is 1. The molecule has 0 atom stereocenters. The summed E-state index contributed by atoms with van der Waals surface area (Å²) >= 11 is 0. The van der Waals surface area contributed by atoms with E-state index in [-0.39, 0.29) is 16.2 Å². The van der Waals surface area contributed by atoms with E-state index in [4.69, 9.17) is 0 Å². The average molecular weight is 281 g/mol. The molecule has 1 aromatic carbocycles. The molecule has 0 aliphatic carbocycles. The highest BCUT2D eigenvalue weighted by atomic mass is 32.2. The fraction of sp³-hybridized carbons (Fsp3) is 0.500. The van der Waals surface area contributed by atoms with Gasteiger partial charge in [0.1, 0.15) is 0 Å². The summed E-state index contributed by atoms with van der Waals surface area (Å²) in [4.78, 5) is 11.6. The summed E-state index contributed by atoms with van der Waals surface area (Å²) in [6, 6.07) is 6.27. The second-order valence-corrected chi connectivity index (χ2v) is 7.44. The first kappa shape index (κ1) is 14.2. The van der Waals surface area contributed by atoms with E-state index >= 15 is 0 Å². The van der Waals surface area contributed by atoms with Crippen molar-refractivity contribution in [3.63, 3.8) is 0 Å². The van der Waals surface area contributed by atoms with Gasteiger partial charge in [-0.2, -0.15) is 4.31 Å². The van der Waals surface area contributed by atoms with Crippen LogP contribution in [0, 0.1) is 0 Å². The highest BCUT2D eigenvalue weighted by molar-refractivity contribution is 7.89. The molecule has 0 N–H and O–H groups in total. The first-order valence-electron chi connectivity index (χ1n) is 6.39. The Balaban J connectivity index is 2.45. The molecule has 0 spiro atoms. The molecule has 19 heavy (non-hydrogen) atoms. The van der Waals surface area contributed by atoms with E-state index in [2.05, 4.69) is 0 Å². The Hall–Kier alpha value is -1.20. The minimum atomic E-state index is -3.52. The summed E-state index contributed by atoms with van der Waals surface area (Å²) in [5.74, 6) is -0.127. The molecule has 1 aliphatic heterocycles. The highest BCUT2D eigenvalue weighted by Gasteiger charge is 2.40. The molecule has 0 radical (unpaired) electrons. The van der Waals surface area contributed by atoms with E-state index < -0.39 is 10.0 Å². The van der Waals surface area contributed by atoms with Gasteiger partial charge in [-0.1, -0.05) is 12.1 Å². The van der Waals surface area contributed by atoms with E-state index in [1.165, 1.54) is 13.0 Å². The lowest BCUT2D eigenvalue weighted by molar-refractivity contribution is 0.101. The number of rotatable bonds is 3. The second-order valence-electron chi connectivity index (χ2n) is 5.58. The van der Waals surface area contributed by atoms with Gasteiger partial charge in [-0.05, 0) is 45.7 Å². The van der Waals surface area contributed by atoms with Crippen LogP contribution in [0.15, 0.2) is 29.2 Å². The van der Waals surface area contributed by atoms with Crippen molar-refractivity contribution in [3.05, 3.63) is 29.8 Å². The number of sulfonamides is 1. The van der Waals surface area contributed by atoms with Crippen molar-refractivity contribution in [1.82, 2.24) is 4.31 Å². The molecule has 0 amide bonds. The van der Waals surface area contributed by atoms with Gasteiger partial charge in [0.2, 0.25) is 10.0 Å². The van der Waals surface area contributed by atoms with Gasteiger partial charge < -0.3 is 0 Å². The highest BCUT2D eigenvalue weighted by Crippen LogP contribution is 2.33.